The van der Waals surface area contributed by atoms with Gasteiger partial charge in [0, 0.05) is 35.1 Å². The van der Waals surface area contributed by atoms with Crippen molar-refractivity contribution in [2.45, 2.75) is 26.3 Å². The van der Waals surface area contributed by atoms with Gasteiger partial charge in [0.2, 0.25) is 5.91 Å². The number of fused-ring (bicyclic) bond motifs is 1. The first-order valence-electron chi connectivity index (χ1n) is 8.82. The average molecular weight is 402 g/mol. The van der Waals surface area contributed by atoms with Gasteiger partial charge in [-0.3, -0.25) is 4.79 Å². The summed E-state index contributed by atoms with van der Waals surface area (Å²) in [4.78, 5) is 16.8. The molecule has 0 radical (unpaired) electrons. The number of hydrogen-bond donors (Lipinski definition) is 1. The van der Waals surface area contributed by atoms with E-state index in [0.29, 0.717) is 29.1 Å². The van der Waals surface area contributed by atoms with Crippen molar-refractivity contribution in [2.75, 3.05) is 6.54 Å². The van der Waals surface area contributed by atoms with Crippen molar-refractivity contribution in [3.05, 3.63) is 70.0 Å². The second-order valence-electron chi connectivity index (χ2n) is 6.52. The molecule has 3 aromatic rings. The molecule has 0 unspecified atom stereocenters. The quantitative estimate of drug-likeness (QED) is 0.569. The molecule has 0 aliphatic carbocycles. The first-order chi connectivity index (χ1) is 13.0. The second kappa shape index (κ2) is 8.59. The van der Waals surface area contributed by atoms with Crippen LogP contribution in [0.4, 0.5) is 0 Å². The number of para-hydroxylation sites is 2. The van der Waals surface area contributed by atoms with Crippen LogP contribution in [0.1, 0.15) is 31.3 Å². The van der Waals surface area contributed by atoms with E-state index in [9.17, 15) is 4.79 Å². The molecule has 1 heterocycles. The van der Waals surface area contributed by atoms with Crippen molar-refractivity contribution in [1.82, 2.24) is 14.9 Å². The molecule has 6 heteroatoms. The standard InChI is InChI=1S/C21H21Cl2N3O/c1-14(2)26-19-6-4-3-5-18(19)25-20(26)11-12-24-21(27)10-8-15-7-9-16(22)13-17(15)23/h3-10,13-14H,11-12H2,1-2H3,(H,24,27)/b10-8+. The van der Waals surface area contributed by atoms with E-state index < -0.39 is 0 Å². The SMILES string of the molecule is CC(C)n1c(CCNC(=O)/C=C/c2ccc(Cl)cc2Cl)nc2ccccc21. The molecule has 3 rings (SSSR count). The Bertz CT molecular complexity index is 992. The average Bonchev–Trinajstić information content (AvgIpc) is 2.99. The largest absolute Gasteiger partial charge is 0.352 e. The number of nitrogens with zero attached hydrogens (tertiary/aromatic N) is 2. The molecule has 2 aromatic carbocycles. The van der Waals surface area contributed by atoms with Crippen LogP contribution in [0.15, 0.2) is 48.5 Å². The normalized spacial score (nSPS) is 11.6. The lowest BCUT2D eigenvalue weighted by Gasteiger charge is -2.13. The Hall–Kier alpha value is -2.30. The molecule has 0 spiro atoms. The minimum absolute atomic E-state index is 0.173. The van der Waals surface area contributed by atoms with Crippen molar-refractivity contribution in [3.63, 3.8) is 0 Å². The van der Waals surface area contributed by atoms with E-state index >= 15 is 0 Å². The third kappa shape index (κ3) is 4.71. The van der Waals surface area contributed by atoms with Gasteiger partial charge in [0.25, 0.3) is 0 Å². The Labute approximate surface area is 168 Å². The van der Waals surface area contributed by atoms with Crippen LogP contribution < -0.4 is 5.32 Å². The van der Waals surface area contributed by atoms with Crippen LogP contribution in [0.5, 0.6) is 0 Å². The number of aromatic nitrogens is 2. The molecule has 0 bridgehead atoms. The number of hydrogen-bond acceptors (Lipinski definition) is 2. The van der Waals surface area contributed by atoms with Crippen LogP contribution >= 0.6 is 23.2 Å². The highest BCUT2D eigenvalue weighted by Gasteiger charge is 2.12. The Morgan fingerprint density at radius 2 is 2.00 bits per heavy atom. The Morgan fingerprint density at radius 3 is 2.74 bits per heavy atom. The maximum atomic E-state index is 12.1. The van der Waals surface area contributed by atoms with Gasteiger partial charge in [-0.1, -0.05) is 41.4 Å². The lowest BCUT2D eigenvalue weighted by Crippen LogP contribution is -2.24. The van der Waals surface area contributed by atoms with Gasteiger partial charge in [-0.15, -0.1) is 0 Å². The molecular formula is C21H21Cl2N3O. The van der Waals surface area contributed by atoms with E-state index in [-0.39, 0.29) is 5.91 Å². The first-order valence-corrected chi connectivity index (χ1v) is 9.58. The molecule has 1 N–H and O–H groups in total. The van der Waals surface area contributed by atoms with Gasteiger partial charge in [-0.05, 0) is 49.8 Å². The van der Waals surface area contributed by atoms with Gasteiger partial charge in [0.05, 0.1) is 11.0 Å². The zero-order valence-electron chi connectivity index (χ0n) is 15.2. The van der Waals surface area contributed by atoms with Crippen LogP contribution in [-0.4, -0.2) is 22.0 Å². The maximum absolute atomic E-state index is 12.1. The molecule has 0 saturated carbocycles. The Kier molecular flexibility index (Phi) is 6.19. The number of benzene rings is 2. The van der Waals surface area contributed by atoms with Crippen molar-refractivity contribution in [3.8, 4) is 0 Å². The van der Waals surface area contributed by atoms with Crippen LogP contribution in [0.2, 0.25) is 10.0 Å². The minimum Gasteiger partial charge on any atom is -0.352 e. The molecule has 0 aliphatic heterocycles. The molecule has 1 amide bonds. The summed E-state index contributed by atoms with van der Waals surface area (Å²) in [6.45, 7) is 4.77. The van der Waals surface area contributed by atoms with E-state index in [0.717, 1.165) is 22.4 Å². The summed E-state index contributed by atoms with van der Waals surface area (Å²) in [6.07, 6.45) is 3.81. The van der Waals surface area contributed by atoms with Crippen LogP contribution in [0, 0.1) is 0 Å². The number of carbonyl (C=O) groups is 1. The van der Waals surface area contributed by atoms with E-state index in [1.54, 1.807) is 24.3 Å². The summed E-state index contributed by atoms with van der Waals surface area (Å²) in [5.74, 6) is 0.796. The first kappa shape index (κ1) is 19.5. The molecule has 0 atom stereocenters. The molecule has 27 heavy (non-hydrogen) atoms. The highest BCUT2D eigenvalue weighted by molar-refractivity contribution is 6.35. The van der Waals surface area contributed by atoms with Gasteiger partial charge in [0.1, 0.15) is 5.82 Å². The fraction of sp³-hybridized carbons (Fsp3) is 0.238. The predicted molar refractivity (Wildman–Crippen MR) is 112 cm³/mol. The molecule has 1 aromatic heterocycles. The summed E-state index contributed by atoms with van der Waals surface area (Å²) >= 11 is 12.0. The number of amides is 1. The fourth-order valence-corrected chi connectivity index (χ4v) is 3.48. The Balaban J connectivity index is 1.63. The number of halogens is 2. The fourth-order valence-electron chi connectivity index (χ4n) is 3.01. The molecule has 140 valence electrons. The third-order valence-corrected chi connectivity index (χ3v) is 4.77. The van der Waals surface area contributed by atoms with Crippen molar-refractivity contribution >= 4 is 46.2 Å². The molecule has 0 saturated heterocycles. The van der Waals surface area contributed by atoms with Crippen LogP contribution in [0.25, 0.3) is 17.1 Å². The van der Waals surface area contributed by atoms with E-state index in [1.807, 2.05) is 18.2 Å². The van der Waals surface area contributed by atoms with E-state index in [2.05, 4.69) is 29.8 Å². The molecule has 0 fully saturated rings. The summed E-state index contributed by atoms with van der Waals surface area (Å²) in [7, 11) is 0. The zero-order chi connectivity index (χ0) is 19.4. The third-order valence-electron chi connectivity index (χ3n) is 4.21. The van der Waals surface area contributed by atoms with Crippen LogP contribution in [-0.2, 0) is 11.2 Å². The number of rotatable bonds is 6. The summed E-state index contributed by atoms with van der Waals surface area (Å²) < 4.78 is 2.21. The monoisotopic (exact) mass is 401 g/mol. The van der Waals surface area contributed by atoms with Crippen molar-refractivity contribution in [1.29, 1.82) is 0 Å². The smallest absolute Gasteiger partial charge is 0.244 e. The summed E-state index contributed by atoms with van der Waals surface area (Å²) in [5, 5.41) is 3.97. The summed E-state index contributed by atoms with van der Waals surface area (Å²) in [5.41, 5.74) is 2.84. The summed E-state index contributed by atoms with van der Waals surface area (Å²) in [6, 6.07) is 13.5. The zero-order valence-corrected chi connectivity index (χ0v) is 16.8. The van der Waals surface area contributed by atoms with Crippen LogP contribution in [0.3, 0.4) is 0 Å². The molecule has 0 aliphatic rings. The number of imidazole rings is 1. The maximum Gasteiger partial charge on any atom is 0.244 e. The number of nitrogens with one attached hydrogen (secondary N) is 1. The van der Waals surface area contributed by atoms with Gasteiger partial charge >= 0.3 is 0 Å². The topological polar surface area (TPSA) is 46.9 Å². The number of carbonyl (C=O) groups excluding carboxylic acids is 1. The highest BCUT2D eigenvalue weighted by atomic mass is 35.5. The lowest BCUT2D eigenvalue weighted by molar-refractivity contribution is -0.116. The highest BCUT2D eigenvalue weighted by Crippen LogP contribution is 2.22. The second-order valence-corrected chi connectivity index (χ2v) is 7.36. The molecular weight excluding hydrogens is 381 g/mol. The molecule has 4 nitrogen and oxygen atoms in total. The van der Waals surface area contributed by atoms with E-state index in [1.165, 1.54) is 6.08 Å². The Morgan fingerprint density at radius 1 is 1.22 bits per heavy atom. The van der Waals surface area contributed by atoms with Gasteiger partial charge < -0.3 is 9.88 Å². The van der Waals surface area contributed by atoms with Crippen molar-refractivity contribution < 1.29 is 4.79 Å². The van der Waals surface area contributed by atoms with Gasteiger partial charge in [-0.25, -0.2) is 4.98 Å². The van der Waals surface area contributed by atoms with Gasteiger partial charge in [-0.2, -0.15) is 0 Å². The lowest BCUT2D eigenvalue weighted by atomic mass is 10.2. The van der Waals surface area contributed by atoms with E-state index in [4.69, 9.17) is 28.2 Å². The minimum atomic E-state index is -0.173. The van der Waals surface area contributed by atoms with Gasteiger partial charge in [0.15, 0.2) is 0 Å². The predicted octanol–water partition coefficient (Wildman–Crippen LogP) is 5.30. The van der Waals surface area contributed by atoms with Crippen molar-refractivity contribution in [2.24, 2.45) is 0 Å².